The predicted octanol–water partition coefficient (Wildman–Crippen LogP) is 6.73. The maximum Gasteiger partial charge on any atom is 0.275 e. The molecule has 2 aromatic carbocycles. The first-order chi connectivity index (χ1) is 16.5. The molecule has 0 bridgehead atoms. The smallest absolute Gasteiger partial charge is 0.275 e. The molecule has 5 nitrogen and oxygen atoms in total. The fraction of sp³-hybridized carbons (Fsp3) is 0.321. The maximum absolute atomic E-state index is 13.0. The summed E-state index contributed by atoms with van der Waals surface area (Å²) in [6, 6.07) is 16.1. The highest BCUT2D eigenvalue weighted by molar-refractivity contribution is 7.10. The minimum Gasteiger partial charge on any atom is -0.353 e. The first-order valence-corrected chi connectivity index (χ1v) is 12.7. The van der Waals surface area contributed by atoms with E-state index in [1.54, 1.807) is 6.08 Å². The van der Waals surface area contributed by atoms with Crippen LogP contribution in [0.1, 0.15) is 66.0 Å². The number of carbonyl (C=O) groups is 2. The van der Waals surface area contributed by atoms with Crippen molar-refractivity contribution in [3.8, 4) is 11.1 Å². The van der Waals surface area contributed by atoms with Crippen LogP contribution in [0.2, 0.25) is 0 Å². The van der Waals surface area contributed by atoms with Gasteiger partial charge in [0, 0.05) is 35.5 Å². The van der Waals surface area contributed by atoms with Crippen molar-refractivity contribution in [1.82, 2.24) is 10.3 Å². The Morgan fingerprint density at radius 3 is 2.62 bits per heavy atom. The molecule has 3 aromatic rings. The van der Waals surface area contributed by atoms with Crippen LogP contribution in [-0.2, 0) is 4.79 Å². The molecule has 34 heavy (non-hydrogen) atoms. The van der Waals surface area contributed by atoms with Gasteiger partial charge in [-0.15, -0.1) is 17.9 Å². The fourth-order valence-corrected chi connectivity index (χ4v) is 4.84. The van der Waals surface area contributed by atoms with Gasteiger partial charge < -0.3 is 10.6 Å². The molecule has 0 saturated heterocycles. The molecular weight excluding hydrogens is 442 g/mol. The van der Waals surface area contributed by atoms with Crippen LogP contribution in [-0.4, -0.2) is 23.3 Å². The molecule has 0 aliphatic heterocycles. The quantitative estimate of drug-likeness (QED) is 0.285. The van der Waals surface area contributed by atoms with Crippen LogP contribution in [0.15, 0.2) is 66.6 Å². The van der Waals surface area contributed by atoms with Crippen LogP contribution in [0.5, 0.6) is 0 Å². The van der Waals surface area contributed by atoms with Crippen LogP contribution in [0, 0.1) is 6.92 Å². The van der Waals surface area contributed by atoms with E-state index < -0.39 is 0 Å². The summed E-state index contributed by atoms with van der Waals surface area (Å²) in [6.45, 7) is 8.31. The first kappa shape index (κ1) is 25.4. The van der Waals surface area contributed by atoms with Gasteiger partial charge in [-0.25, -0.2) is 4.98 Å². The molecule has 6 heteroatoms. The van der Waals surface area contributed by atoms with E-state index in [0.29, 0.717) is 18.7 Å². The van der Waals surface area contributed by atoms with E-state index in [0.717, 1.165) is 47.5 Å². The Morgan fingerprint density at radius 2 is 1.88 bits per heavy atom. The Bertz CT molecular complexity index is 1100. The number of anilines is 1. The van der Waals surface area contributed by atoms with Crippen molar-refractivity contribution < 1.29 is 9.59 Å². The molecule has 0 spiro atoms. The maximum atomic E-state index is 13.0. The average molecular weight is 476 g/mol. The van der Waals surface area contributed by atoms with Gasteiger partial charge in [0.05, 0.1) is 5.01 Å². The van der Waals surface area contributed by atoms with E-state index in [9.17, 15) is 9.59 Å². The molecule has 3 rings (SSSR count). The lowest BCUT2D eigenvalue weighted by Gasteiger charge is -2.13. The zero-order chi connectivity index (χ0) is 24.3. The first-order valence-electron chi connectivity index (χ1n) is 11.8. The van der Waals surface area contributed by atoms with E-state index in [1.165, 1.54) is 16.9 Å². The van der Waals surface area contributed by atoms with Gasteiger partial charge >= 0.3 is 0 Å². The highest BCUT2D eigenvalue weighted by Crippen LogP contribution is 2.31. The number of thiazole rings is 1. The number of para-hydroxylation sites is 1. The number of amides is 2. The topological polar surface area (TPSA) is 71.1 Å². The molecule has 1 heterocycles. The molecule has 2 amide bonds. The summed E-state index contributed by atoms with van der Waals surface area (Å²) in [5.41, 5.74) is 4.43. The molecule has 0 radical (unpaired) electrons. The van der Waals surface area contributed by atoms with E-state index in [2.05, 4.69) is 60.3 Å². The number of aromatic nitrogens is 1. The van der Waals surface area contributed by atoms with Crippen molar-refractivity contribution >= 4 is 28.8 Å². The molecule has 1 atom stereocenters. The molecule has 1 aromatic heterocycles. The van der Waals surface area contributed by atoms with Gasteiger partial charge in [0.2, 0.25) is 5.91 Å². The molecule has 0 aliphatic carbocycles. The molecular formula is C28H33N3O2S. The SMILES string of the molecule is C=CCNC(=O)CCCC(CCC)c1nc(C(=O)Nc2ccccc2-c2ccc(C)cc2)cs1. The molecule has 0 aliphatic rings. The summed E-state index contributed by atoms with van der Waals surface area (Å²) in [5.74, 6) is 0.0892. The summed E-state index contributed by atoms with van der Waals surface area (Å²) in [7, 11) is 0. The van der Waals surface area contributed by atoms with Crippen LogP contribution in [0.3, 0.4) is 0 Å². The molecule has 1 unspecified atom stereocenters. The Morgan fingerprint density at radius 1 is 1.12 bits per heavy atom. The number of rotatable bonds is 12. The van der Waals surface area contributed by atoms with Crippen molar-refractivity contribution in [3.05, 3.63) is 82.8 Å². The highest BCUT2D eigenvalue weighted by Gasteiger charge is 2.19. The Balaban J connectivity index is 1.67. The lowest BCUT2D eigenvalue weighted by atomic mass is 9.97. The third kappa shape index (κ3) is 7.12. The second-order valence-electron chi connectivity index (χ2n) is 8.41. The van der Waals surface area contributed by atoms with Crippen molar-refractivity contribution in [2.24, 2.45) is 0 Å². The number of hydrogen-bond acceptors (Lipinski definition) is 4. The van der Waals surface area contributed by atoms with Crippen molar-refractivity contribution in [3.63, 3.8) is 0 Å². The Kier molecular flexibility index (Phi) is 9.59. The predicted molar refractivity (Wildman–Crippen MR) is 141 cm³/mol. The number of nitrogens with one attached hydrogen (secondary N) is 2. The minimum absolute atomic E-state index is 0.0431. The monoisotopic (exact) mass is 475 g/mol. The highest BCUT2D eigenvalue weighted by atomic mass is 32.1. The van der Waals surface area contributed by atoms with Gasteiger partial charge in [0.1, 0.15) is 5.69 Å². The molecule has 0 saturated carbocycles. The van der Waals surface area contributed by atoms with Gasteiger partial charge in [-0.05, 0) is 37.8 Å². The van der Waals surface area contributed by atoms with Crippen molar-refractivity contribution in [2.45, 2.75) is 51.9 Å². The van der Waals surface area contributed by atoms with Gasteiger partial charge in [-0.1, -0.05) is 67.4 Å². The number of nitrogens with zero attached hydrogens (tertiary/aromatic N) is 1. The summed E-state index contributed by atoms with van der Waals surface area (Å²) in [6.07, 6.45) is 5.85. The molecule has 0 fully saturated rings. The van der Waals surface area contributed by atoms with Crippen molar-refractivity contribution in [1.29, 1.82) is 0 Å². The number of aryl methyl sites for hydroxylation is 1. The average Bonchev–Trinajstić information content (AvgIpc) is 3.33. The van der Waals surface area contributed by atoms with Crippen LogP contribution in [0.4, 0.5) is 5.69 Å². The lowest BCUT2D eigenvalue weighted by molar-refractivity contribution is -0.121. The van der Waals surface area contributed by atoms with E-state index in [4.69, 9.17) is 0 Å². The van der Waals surface area contributed by atoms with Crippen LogP contribution < -0.4 is 10.6 Å². The Hall–Kier alpha value is -3.25. The van der Waals surface area contributed by atoms with Gasteiger partial charge in [-0.3, -0.25) is 9.59 Å². The summed E-state index contributed by atoms with van der Waals surface area (Å²) >= 11 is 1.53. The Labute approximate surface area is 206 Å². The van der Waals surface area contributed by atoms with E-state index in [1.807, 2.05) is 29.6 Å². The second kappa shape index (κ2) is 12.8. The molecule has 2 N–H and O–H groups in total. The zero-order valence-corrected chi connectivity index (χ0v) is 20.8. The number of hydrogen-bond donors (Lipinski definition) is 2. The third-order valence-electron chi connectivity index (χ3n) is 5.68. The normalized spacial score (nSPS) is 11.6. The minimum atomic E-state index is -0.207. The van der Waals surface area contributed by atoms with E-state index >= 15 is 0 Å². The fourth-order valence-electron chi connectivity index (χ4n) is 3.87. The standard InChI is InChI=1S/C28H33N3O2S/c1-4-9-22(10-8-13-26(32)29-18-5-2)28-31-25(19-34-28)27(33)30-24-12-7-6-11-23(24)21-16-14-20(3)15-17-21/h5-7,11-12,14-17,19,22H,2,4,8-10,13,18H2,1,3H3,(H,29,32)(H,30,33). The lowest BCUT2D eigenvalue weighted by Crippen LogP contribution is -2.22. The third-order valence-corrected chi connectivity index (χ3v) is 6.69. The van der Waals surface area contributed by atoms with Gasteiger partial charge in [0.15, 0.2) is 0 Å². The van der Waals surface area contributed by atoms with Crippen molar-refractivity contribution in [2.75, 3.05) is 11.9 Å². The summed E-state index contributed by atoms with van der Waals surface area (Å²) in [5, 5.41) is 8.66. The molecule has 178 valence electrons. The largest absolute Gasteiger partial charge is 0.353 e. The second-order valence-corrected chi connectivity index (χ2v) is 9.30. The van der Waals surface area contributed by atoms with Gasteiger partial charge in [0.25, 0.3) is 5.91 Å². The van der Waals surface area contributed by atoms with Crippen LogP contribution in [0.25, 0.3) is 11.1 Å². The number of benzene rings is 2. The van der Waals surface area contributed by atoms with E-state index in [-0.39, 0.29) is 17.7 Å². The summed E-state index contributed by atoms with van der Waals surface area (Å²) in [4.78, 5) is 29.6. The van der Waals surface area contributed by atoms with Gasteiger partial charge in [-0.2, -0.15) is 0 Å². The number of carbonyl (C=O) groups excluding carboxylic acids is 2. The summed E-state index contributed by atoms with van der Waals surface area (Å²) < 4.78 is 0. The van der Waals surface area contributed by atoms with Crippen LogP contribution >= 0.6 is 11.3 Å². The zero-order valence-electron chi connectivity index (χ0n) is 20.0.